The van der Waals surface area contributed by atoms with E-state index < -0.39 is 28.5 Å². The van der Waals surface area contributed by atoms with E-state index >= 15 is 0 Å². The SMILES string of the molecule is CC1(C)C(=O)C(C(=O)O)=C(O)c2cccnc21. The van der Waals surface area contributed by atoms with Crippen LogP contribution >= 0.6 is 0 Å². The van der Waals surface area contributed by atoms with Gasteiger partial charge in [-0.2, -0.15) is 0 Å². The number of aliphatic hydroxyl groups is 1. The maximum Gasteiger partial charge on any atom is 0.343 e. The van der Waals surface area contributed by atoms with Crippen LogP contribution in [-0.2, 0) is 15.0 Å². The quantitative estimate of drug-likeness (QED) is 0.714. The van der Waals surface area contributed by atoms with Crippen molar-refractivity contribution in [3.05, 3.63) is 35.2 Å². The molecule has 1 aromatic rings. The first-order valence-corrected chi connectivity index (χ1v) is 5.04. The van der Waals surface area contributed by atoms with E-state index in [9.17, 15) is 14.7 Å². The average Bonchev–Trinajstić information content (AvgIpc) is 2.27. The Morgan fingerprint density at radius 3 is 2.65 bits per heavy atom. The summed E-state index contributed by atoms with van der Waals surface area (Å²) < 4.78 is 0. The first-order valence-electron chi connectivity index (χ1n) is 5.04. The van der Waals surface area contributed by atoms with E-state index in [-0.39, 0.29) is 0 Å². The molecule has 0 radical (unpaired) electrons. The van der Waals surface area contributed by atoms with Crippen LogP contribution in [0.5, 0.6) is 0 Å². The normalized spacial score (nSPS) is 17.9. The molecule has 0 fully saturated rings. The van der Waals surface area contributed by atoms with E-state index in [1.807, 2.05) is 0 Å². The lowest BCUT2D eigenvalue weighted by atomic mass is 9.74. The number of pyridine rings is 1. The topological polar surface area (TPSA) is 87.5 Å². The summed E-state index contributed by atoms with van der Waals surface area (Å²) in [7, 11) is 0. The zero-order valence-corrected chi connectivity index (χ0v) is 9.39. The van der Waals surface area contributed by atoms with Gasteiger partial charge < -0.3 is 10.2 Å². The van der Waals surface area contributed by atoms with Gasteiger partial charge in [-0.1, -0.05) is 0 Å². The lowest BCUT2D eigenvalue weighted by Crippen LogP contribution is -2.38. The van der Waals surface area contributed by atoms with Crippen LogP contribution in [0.25, 0.3) is 5.76 Å². The van der Waals surface area contributed by atoms with Gasteiger partial charge in [0.05, 0.1) is 11.1 Å². The maximum absolute atomic E-state index is 12.0. The summed E-state index contributed by atoms with van der Waals surface area (Å²) in [5.74, 6) is -2.56. The smallest absolute Gasteiger partial charge is 0.343 e. The fraction of sp³-hybridized carbons (Fsp3) is 0.250. The Hall–Kier alpha value is -2.17. The predicted molar refractivity (Wildman–Crippen MR) is 59.5 cm³/mol. The molecule has 0 aliphatic heterocycles. The van der Waals surface area contributed by atoms with Crippen molar-refractivity contribution in [2.24, 2.45) is 0 Å². The number of Topliss-reactive ketones (excluding diaryl/α,β-unsaturated/α-hetero) is 1. The number of carbonyl (C=O) groups excluding carboxylic acids is 1. The third-order valence-electron chi connectivity index (χ3n) is 2.90. The summed E-state index contributed by atoms with van der Waals surface area (Å²) in [5, 5.41) is 18.8. The standard InChI is InChI=1S/C12H11NO4/c1-12(2)9-6(4-3-5-13-9)8(14)7(10(12)15)11(16)17/h3-5,14H,1-2H3,(H,16,17). The van der Waals surface area contributed by atoms with Gasteiger partial charge in [0.25, 0.3) is 0 Å². The highest BCUT2D eigenvalue weighted by molar-refractivity contribution is 6.26. The number of carboxylic acid groups (broad SMARTS) is 1. The molecule has 2 rings (SSSR count). The number of aliphatic hydroxyl groups excluding tert-OH is 1. The Bertz CT molecular complexity index is 557. The molecule has 2 N–H and O–H groups in total. The fourth-order valence-electron chi connectivity index (χ4n) is 1.96. The number of rotatable bonds is 1. The number of hydrogen-bond acceptors (Lipinski definition) is 4. The number of nitrogens with zero attached hydrogens (tertiary/aromatic N) is 1. The lowest BCUT2D eigenvalue weighted by molar-refractivity contribution is -0.135. The highest BCUT2D eigenvalue weighted by Gasteiger charge is 2.44. The number of carbonyl (C=O) groups is 2. The molecule has 0 bridgehead atoms. The van der Waals surface area contributed by atoms with Crippen LogP contribution < -0.4 is 0 Å². The van der Waals surface area contributed by atoms with Gasteiger partial charge in [0.1, 0.15) is 11.3 Å². The molecule has 0 atom stereocenters. The second-order valence-electron chi connectivity index (χ2n) is 4.38. The first-order chi connectivity index (χ1) is 7.87. The second-order valence-corrected chi connectivity index (χ2v) is 4.38. The first kappa shape index (κ1) is 11.3. The van der Waals surface area contributed by atoms with E-state index in [1.165, 1.54) is 6.20 Å². The van der Waals surface area contributed by atoms with Gasteiger partial charge in [0.2, 0.25) is 0 Å². The van der Waals surface area contributed by atoms with Crippen molar-refractivity contribution in [3.8, 4) is 0 Å². The number of hydrogen-bond donors (Lipinski definition) is 2. The van der Waals surface area contributed by atoms with Crippen LogP contribution in [0.2, 0.25) is 0 Å². The zero-order valence-electron chi connectivity index (χ0n) is 9.39. The third-order valence-corrected chi connectivity index (χ3v) is 2.90. The van der Waals surface area contributed by atoms with Gasteiger partial charge in [-0.15, -0.1) is 0 Å². The summed E-state index contributed by atoms with van der Waals surface area (Å²) in [4.78, 5) is 27.1. The minimum absolute atomic E-state index is 0.300. The fourth-order valence-corrected chi connectivity index (χ4v) is 1.96. The summed E-state index contributed by atoms with van der Waals surface area (Å²) in [6.45, 7) is 3.19. The molecule has 0 amide bonds. The number of aliphatic carboxylic acids is 1. The van der Waals surface area contributed by atoms with E-state index in [2.05, 4.69) is 4.98 Å². The molecule has 0 saturated carbocycles. The van der Waals surface area contributed by atoms with Crippen molar-refractivity contribution in [1.29, 1.82) is 0 Å². The number of carboxylic acids is 1. The van der Waals surface area contributed by atoms with Crippen LogP contribution in [-0.4, -0.2) is 26.9 Å². The summed E-state index contributed by atoms with van der Waals surface area (Å²) in [6.07, 6.45) is 1.51. The van der Waals surface area contributed by atoms with Crippen LogP contribution in [0.1, 0.15) is 25.1 Å². The van der Waals surface area contributed by atoms with Gasteiger partial charge >= 0.3 is 5.97 Å². The Kier molecular flexibility index (Phi) is 2.27. The van der Waals surface area contributed by atoms with Crippen molar-refractivity contribution in [1.82, 2.24) is 4.98 Å². The van der Waals surface area contributed by atoms with Crippen LogP contribution in [0.15, 0.2) is 23.9 Å². The Balaban J connectivity index is 2.82. The number of aromatic nitrogens is 1. The molecule has 1 aliphatic rings. The molecule has 0 saturated heterocycles. The Morgan fingerprint density at radius 2 is 2.06 bits per heavy atom. The molecule has 5 nitrogen and oxygen atoms in total. The number of ketones is 1. The van der Waals surface area contributed by atoms with Crippen molar-refractivity contribution < 1.29 is 19.8 Å². The van der Waals surface area contributed by atoms with Gasteiger partial charge in [-0.3, -0.25) is 9.78 Å². The highest BCUT2D eigenvalue weighted by Crippen LogP contribution is 2.37. The van der Waals surface area contributed by atoms with E-state index in [0.717, 1.165) is 0 Å². The summed E-state index contributed by atoms with van der Waals surface area (Å²) in [5.41, 5.74) is -0.922. The minimum Gasteiger partial charge on any atom is -0.506 e. The average molecular weight is 233 g/mol. The van der Waals surface area contributed by atoms with Gasteiger partial charge in [0, 0.05) is 11.8 Å². The molecule has 1 aromatic heterocycles. The highest BCUT2D eigenvalue weighted by atomic mass is 16.4. The second kappa shape index (κ2) is 3.41. The van der Waals surface area contributed by atoms with Gasteiger partial charge in [0.15, 0.2) is 5.78 Å². The molecule has 88 valence electrons. The Labute approximate surface area is 97.4 Å². The van der Waals surface area contributed by atoms with Crippen molar-refractivity contribution in [2.45, 2.75) is 19.3 Å². The maximum atomic E-state index is 12.0. The molecule has 0 unspecified atom stereocenters. The molecule has 5 heteroatoms. The zero-order chi connectivity index (χ0) is 12.8. The molecule has 0 spiro atoms. The molecule has 1 heterocycles. The van der Waals surface area contributed by atoms with Gasteiger partial charge in [-0.05, 0) is 26.0 Å². The minimum atomic E-state index is -1.42. The lowest BCUT2D eigenvalue weighted by Gasteiger charge is -2.29. The molecule has 0 aromatic carbocycles. The van der Waals surface area contributed by atoms with Crippen molar-refractivity contribution in [3.63, 3.8) is 0 Å². The molecule has 17 heavy (non-hydrogen) atoms. The predicted octanol–water partition coefficient (Wildman–Crippen LogP) is 1.30. The monoisotopic (exact) mass is 233 g/mol. The van der Waals surface area contributed by atoms with E-state index in [4.69, 9.17) is 5.11 Å². The molecular weight excluding hydrogens is 222 g/mol. The number of fused-ring (bicyclic) bond motifs is 1. The summed E-state index contributed by atoms with van der Waals surface area (Å²) in [6, 6.07) is 3.13. The third kappa shape index (κ3) is 1.43. The van der Waals surface area contributed by atoms with Crippen LogP contribution in [0.4, 0.5) is 0 Å². The van der Waals surface area contributed by atoms with Gasteiger partial charge in [-0.25, -0.2) is 4.79 Å². The van der Waals surface area contributed by atoms with E-state index in [0.29, 0.717) is 11.3 Å². The largest absolute Gasteiger partial charge is 0.506 e. The van der Waals surface area contributed by atoms with Crippen molar-refractivity contribution in [2.75, 3.05) is 0 Å². The van der Waals surface area contributed by atoms with E-state index in [1.54, 1.807) is 26.0 Å². The Morgan fingerprint density at radius 1 is 1.41 bits per heavy atom. The summed E-state index contributed by atoms with van der Waals surface area (Å²) >= 11 is 0. The van der Waals surface area contributed by atoms with Crippen LogP contribution in [0.3, 0.4) is 0 Å². The van der Waals surface area contributed by atoms with Crippen LogP contribution in [0, 0.1) is 0 Å². The van der Waals surface area contributed by atoms with Crippen molar-refractivity contribution >= 4 is 17.5 Å². The molecule has 1 aliphatic carbocycles. The molecular formula is C12H11NO4.